The van der Waals surface area contributed by atoms with Gasteiger partial charge in [0.2, 0.25) is 0 Å². The van der Waals surface area contributed by atoms with E-state index in [9.17, 15) is 13.2 Å². The first-order valence-corrected chi connectivity index (χ1v) is 9.06. The molecule has 0 aliphatic carbocycles. The Morgan fingerprint density at radius 1 is 1.12 bits per heavy atom. The van der Waals surface area contributed by atoms with Gasteiger partial charge in [0.05, 0.1) is 12.7 Å². The molecule has 0 N–H and O–H groups in total. The van der Waals surface area contributed by atoms with E-state index in [1.54, 1.807) is 24.3 Å². The van der Waals surface area contributed by atoms with Crippen LogP contribution in [0.1, 0.15) is 43.2 Å². The molecule has 138 valence electrons. The molecule has 0 amide bonds. The predicted octanol–water partition coefficient (Wildman–Crippen LogP) is 6.17. The highest BCUT2D eigenvalue weighted by molar-refractivity contribution is 5.65. The fourth-order valence-electron chi connectivity index (χ4n) is 3.50. The second kappa shape index (κ2) is 8.09. The lowest BCUT2D eigenvalue weighted by Gasteiger charge is -2.27. The fraction of sp³-hybridized carbons (Fsp3) is 0.364. The van der Waals surface area contributed by atoms with Gasteiger partial charge in [0.25, 0.3) is 0 Å². The Kier molecular flexibility index (Phi) is 5.82. The van der Waals surface area contributed by atoms with E-state index < -0.39 is 17.5 Å². The lowest BCUT2D eigenvalue weighted by molar-refractivity contribution is 0.0321. The Hall–Kier alpha value is -2.07. The lowest BCUT2D eigenvalue weighted by Crippen LogP contribution is -2.23. The SMILES string of the molecule is C=CC1CCC(c2ccc(-c3ccc(CCC)c(F)c3F)cc2F)CO1. The molecule has 1 fully saturated rings. The topological polar surface area (TPSA) is 9.23 Å². The van der Waals surface area contributed by atoms with Gasteiger partial charge in [0.1, 0.15) is 5.82 Å². The van der Waals surface area contributed by atoms with E-state index in [1.165, 1.54) is 12.1 Å². The molecule has 2 atom stereocenters. The molecule has 0 aromatic heterocycles. The normalized spacial score (nSPS) is 20.2. The third-order valence-corrected chi connectivity index (χ3v) is 5.01. The molecule has 26 heavy (non-hydrogen) atoms. The highest BCUT2D eigenvalue weighted by Crippen LogP contribution is 2.33. The van der Waals surface area contributed by atoms with Crippen molar-refractivity contribution in [2.24, 2.45) is 0 Å². The number of hydrogen-bond donors (Lipinski definition) is 0. The molecular formula is C22H23F3O. The molecular weight excluding hydrogens is 337 g/mol. The molecule has 0 radical (unpaired) electrons. The summed E-state index contributed by atoms with van der Waals surface area (Å²) in [4.78, 5) is 0. The molecule has 2 unspecified atom stereocenters. The van der Waals surface area contributed by atoms with Gasteiger partial charge in [-0.1, -0.05) is 43.7 Å². The Balaban J connectivity index is 1.86. The van der Waals surface area contributed by atoms with Crippen LogP contribution in [-0.4, -0.2) is 12.7 Å². The van der Waals surface area contributed by atoms with Crippen molar-refractivity contribution in [1.29, 1.82) is 0 Å². The number of hydrogen-bond acceptors (Lipinski definition) is 1. The maximum absolute atomic E-state index is 14.6. The Labute approximate surface area is 152 Å². The summed E-state index contributed by atoms with van der Waals surface area (Å²) in [5, 5.41) is 0. The van der Waals surface area contributed by atoms with Crippen LogP contribution in [0, 0.1) is 17.5 Å². The van der Waals surface area contributed by atoms with Crippen molar-refractivity contribution in [3.8, 4) is 11.1 Å². The Bertz CT molecular complexity index is 792. The summed E-state index contributed by atoms with van der Waals surface area (Å²) >= 11 is 0. The van der Waals surface area contributed by atoms with E-state index in [4.69, 9.17) is 4.74 Å². The second-order valence-electron chi connectivity index (χ2n) is 6.77. The second-order valence-corrected chi connectivity index (χ2v) is 6.77. The van der Waals surface area contributed by atoms with Gasteiger partial charge in [-0.25, -0.2) is 13.2 Å². The van der Waals surface area contributed by atoms with E-state index in [-0.39, 0.29) is 17.6 Å². The Morgan fingerprint density at radius 2 is 1.92 bits per heavy atom. The summed E-state index contributed by atoms with van der Waals surface area (Å²) in [6, 6.07) is 7.69. The molecule has 1 saturated heterocycles. The zero-order valence-electron chi connectivity index (χ0n) is 14.9. The molecule has 0 spiro atoms. The van der Waals surface area contributed by atoms with Crippen LogP contribution in [0.2, 0.25) is 0 Å². The molecule has 4 heteroatoms. The molecule has 2 aromatic rings. The first-order valence-electron chi connectivity index (χ1n) is 9.06. The quantitative estimate of drug-likeness (QED) is 0.579. The largest absolute Gasteiger partial charge is 0.374 e. The van der Waals surface area contributed by atoms with Crippen molar-refractivity contribution in [3.05, 3.63) is 71.6 Å². The van der Waals surface area contributed by atoms with Gasteiger partial charge in [0.15, 0.2) is 11.6 Å². The minimum atomic E-state index is -0.919. The number of rotatable bonds is 5. The van der Waals surface area contributed by atoms with Gasteiger partial charge in [-0.15, -0.1) is 6.58 Å². The molecule has 2 aromatic carbocycles. The third-order valence-electron chi connectivity index (χ3n) is 5.01. The average Bonchev–Trinajstić information content (AvgIpc) is 2.66. The molecule has 0 saturated carbocycles. The third kappa shape index (κ3) is 3.70. The van der Waals surface area contributed by atoms with Crippen molar-refractivity contribution >= 4 is 0 Å². The lowest BCUT2D eigenvalue weighted by atomic mass is 9.89. The summed E-state index contributed by atoms with van der Waals surface area (Å²) < 4.78 is 48.9. The predicted molar refractivity (Wildman–Crippen MR) is 97.7 cm³/mol. The first-order chi connectivity index (χ1) is 12.5. The van der Waals surface area contributed by atoms with Crippen LogP contribution in [0.15, 0.2) is 43.0 Å². The highest BCUT2D eigenvalue weighted by Gasteiger charge is 2.24. The van der Waals surface area contributed by atoms with Crippen LogP contribution < -0.4 is 0 Å². The number of halogens is 3. The summed E-state index contributed by atoms with van der Waals surface area (Å²) in [6.07, 6.45) is 4.59. The van der Waals surface area contributed by atoms with Crippen molar-refractivity contribution < 1.29 is 17.9 Å². The van der Waals surface area contributed by atoms with Crippen molar-refractivity contribution in [2.75, 3.05) is 6.61 Å². The summed E-state index contributed by atoms with van der Waals surface area (Å²) in [6.45, 7) is 6.05. The van der Waals surface area contributed by atoms with Crippen LogP contribution in [0.3, 0.4) is 0 Å². The maximum Gasteiger partial charge on any atom is 0.166 e. The van der Waals surface area contributed by atoms with E-state index in [0.717, 1.165) is 19.3 Å². The van der Waals surface area contributed by atoms with Crippen molar-refractivity contribution in [2.45, 2.75) is 44.6 Å². The molecule has 0 bridgehead atoms. The number of ether oxygens (including phenoxy) is 1. The molecule has 1 aliphatic heterocycles. The number of aryl methyl sites for hydroxylation is 1. The highest BCUT2D eigenvalue weighted by atomic mass is 19.2. The van der Waals surface area contributed by atoms with Gasteiger partial charge in [-0.05, 0) is 42.0 Å². The van der Waals surface area contributed by atoms with E-state index in [0.29, 0.717) is 29.7 Å². The Morgan fingerprint density at radius 3 is 2.54 bits per heavy atom. The standard InChI is InChI=1S/C22H23F3O/c1-3-5-14-7-11-19(22(25)21(14)24)15-8-10-18(20(23)12-15)16-6-9-17(4-2)26-13-16/h4,7-8,10-12,16-17H,2-3,5-6,9,13H2,1H3. The van der Waals surface area contributed by atoms with Crippen molar-refractivity contribution in [1.82, 2.24) is 0 Å². The van der Waals surface area contributed by atoms with Gasteiger partial charge < -0.3 is 4.74 Å². The molecule has 3 rings (SSSR count). The van der Waals surface area contributed by atoms with Crippen LogP contribution in [0.4, 0.5) is 13.2 Å². The minimum absolute atomic E-state index is 0.0206. The van der Waals surface area contributed by atoms with Crippen LogP contribution >= 0.6 is 0 Å². The maximum atomic E-state index is 14.6. The summed E-state index contributed by atoms with van der Waals surface area (Å²) in [7, 11) is 0. The van der Waals surface area contributed by atoms with Crippen LogP contribution in [0.25, 0.3) is 11.1 Å². The molecule has 1 nitrogen and oxygen atoms in total. The van der Waals surface area contributed by atoms with Crippen LogP contribution in [-0.2, 0) is 11.2 Å². The number of benzene rings is 2. The smallest absolute Gasteiger partial charge is 0.166 e. The first kappa shape index (κ1) is 18.7. The van der Waals surface area contributed by atoms with Crippen LogP contribution in [0.5, 0.6) is 0 Å². The molecule has 1 heterocycles. The van der Waals surface area contributed by atoms with Gasteiger partial charge in [-0.3, -0.25) is 0 Å². The molecule has 1 aliphatic rings. The monoisotopic (exact) mass is 360 g/mol. The van der Waals surface area contributed by atoms with Gasteiger partial charge >= 0.3 is 0 Å². The fourth-order valence-corrected chi connectivity index (χ4v) is 3.50. The zero-order valence-corrected chi connectivity index (χ0v) is 14.9. The zero-order chi connectivity index (χ0) is 18.7. The average molecular weight is 360 g/mol. The van der Waals surface area contributed by atoms with Gasteiger partial charge in [0, 0.05) is 11.5 Å². The van der Waals surface area contributed by atoms with Gasteiger partial charge in [-0.2, -0.15) is 0 Å². The summed E-state index contributed by atoms with van der Waals surface area (Å²) in [5.41, 5.74) is 1.33. The van der Waals surface area contributed by atoms with E-state index in [1.807, 2.05) is 6.92 Å². The van der Waals surface area contributed by atoms with E-state index in [2.05, 4.69) is 6.58 Å². The minimum Gasteiger partial charge on any atom is -0.374 e. The van der Waals surface area contributed by atoms with E-state index >= 15 is 0 Å². The summed E-state index contributed by atoms with van der Waals surface area (Å²) in [5.74, 6) is -2.21. The van der Waals surface area contributed by atoms with Crippen molar-refractivity contribution in [3.63, 3.8) is 0 Å².